The standard InChI is InChI=1S/C34H36FN3O7.Na.H/c1-20(2)38-27(15-14-25(39)17-26(40)18-29(41)42)30(22-9-12-24(35)13-10-22)31(21-7-5-4-6-8-21)32(38)33(43)37-28-16-11-23(19-36-28)34(44)45-3;;/h4-13,16,19-20,25-26,39-40H,14-15,17-18H2,1-3H3,(H,41,42)(H,36,37,43);;/q;+1;-1/t25-,26-;;/m1../s1. The van der Waals surface area contributed by atoms with Crippen molar-refractivity contribution in [2.45, 2.75) is 57.8 Å². The van der Waals surface area contributed by atoms with E-state index >= 15 is 0 Å². The molecule has 0 saturated heterocycles. The molecular formula is C34H37FN3NaO7. The van der Waals surface area contributed by atoms with Gasteiger partial charge >= 0.3 is 41.5 Å². The number of amides is 1. The van der Waals surface area contributed by atoms with Gasteiger partial charge in [-0.25, -0.2) is 14.2 Å². The minimum absolute atomic E-state index is 0. The third-order valence-electron chi connectivity index (χ3n) is 7.33. The monoisotopic (exact) mass is 641 g/mol. The number of carbonyl (C=O) groups is 3. The van der Waals surface area contributed by atoms with Gasteiger partial charge in [-0.15, -0.1) is 0 Å². The summed E-state index contributed by atoms with van der Waals surface area (Å²) in [6, 6.07) is 18.0. The van der Waals surface area contributed by atoms with E-state index < -0.39 is 42.3 Å². The molecule has 0 spiro atoms. The second-order valence-corrected chi connectivity index (χ2v) is 10.9. The van der Waals surface area contributed by atoms with Gasteiger partial charge in [0, 0.05) is 29.1 Å². The van der Waals surface area contributed by atoms with Crippen LogP contribution in [0, 0.1) is 5.82 Å². The number of carbonyl (C=O) groups excluding carboxylic acids is 2. The summed E-state index contributed by atoms with van der Waals surface area (Å²) in [5.74, 6) is -2.43. The second kappa shape index (κ2) is 16.6. The number of nitrogens with one attached hydrogen (secondary N) is 1. The molecule has 1 amide bonds. The van der Waals surface area contributed by atoms with Crippen LogP contribution in [0.5, 0.6) is 0 Å². The number of methoxy groups -OCH3 is 1. The molecule has 0 aliphatic heterocycles. The number of benzene rings is 2. The summed E-state index contributed by atoms with van der Waals surface area (Å²) in [7, 11) is 1.26. The molecular weight excluding hydrogens is 604 g/mol. The number of anilines is 1. The molecule has 12 heteroatoms. The molecule has 0 unspecified atom stereocenters. The van der Waals surface area contributed by atoms with Crippen LogP contribution in [-0.4, -0.2) is 62.0 Å². The van der Waals surface area contributed by atoms with Crippen LogP contribution in [0.1, 0.15) is 67.1 Å². The Morgan fingerprint density at radius 2 is 1.61 bits per heavy atom. The third kappa shape index (κ3) is 8.89. The van der Waals surface area contributed by atoms with E-state index in [2.05, 4.69) is 10.3 Å². The van der Waals surface area contributed by atoms with Crippen molar-refractivity contribution in [1.29, 1.82) is 0 Å². The molecule has 0 fully saturated rings. The zero-order chi connectivity index (χ0) is 32.7. The van der Waals surface area contributed by atoms with Crippen molar-refractivity contribution in [2.24, 2.45) is 0 Å². The van der Waals surface area contributed by atoms with Gasteiger partial charge in [0.15, 0.2) is 0 Å². The number of ether oxygens (including phenoxy) is 1. The van der Waals surface area contributed by atoms with Gasteiger partial charge in [-0.05, 0) is 68.5 Å². The van der Waals surface area contributed by atoms with Crippen LogP contribution >= 0.6 is 0 Å². The Bertz CT molecular complexity index is 1650. The van der Waals surface area contributed by atoms with E-state index in [4.69, 9.17) is 9.84 Å². The number of aromatic nitrogens is 2. The van der Waals surface area contributed by atoms with Crippen LogP contribution in [0.3, 0.4) is 0 Å². The zero-order valence-corrected chi connectivity index (χ0v) is 28.2. The Morgan fingerprint density at radius 1 is 0.957 bits per heavy atom. The van der Waals surface area contributed by atoms with Crippen molar-refractivity contribution < 1.29 is 69.8 Å². The number of nitrogens with zero attached hydrogens (tertiary/aromatic N) is 2. The molecule has 4 N–H and O–H groups in total. The Kier molecular flexibility index (Phi) is 13.2. The van der Waals surface area contributed by atoms with Crippen LogP contribution in [0.15, 0.2) is 72.9 Å². The first kappa shape index (κ1) is 36.6. The van der Waals surface area contributed by atoms with E-state index in [1.807, 2.05) is 48.7 Å². The van der Waals surface area contributed by atoms with Gasteiger partial charge in [-0.2, -0.15) is 0 Å². The van der Waals surface area contributed by atoms with Gasteiger partial charge in [0.1, 0.15) is 17.3 Å². The molecule has 2 atom stereocenters. The van der Waals surface area contributed by atoms with Gasteiger partial charge < -0.3 is 31.4 Å². The molecule has 0 radical (unpaired) electrons. The second-order valence-electron chi connectivity index (χ2n) is 10.9. The molecule has 2 heterocycles. The Morgan fingerprint density at radius 3 is 2.17 bits per heavy atom. The molecule has 0 aliphatic rings. The number of carboxylic acids is 1. The number of aliphatic carboxylic acids is 1. The van der Waals surface area contributed by atoms with Crippen molar-refractivity contribution in [2.75, 3.05) is 12.4 Å². The molecule has 4 rings (SSSR count). The molecule has 0 aliphatic carbocycles. The maximum Gasteiger partial charge on any atom is 1.00 e. The summed E-state index contributed by atoms with van der Waals surface area (Å²) in [5.41, 5.74) is 3.88. The number of carboxylic acid groups (broad SMARTS) is 1. The minimum Gasteiger partial charge on any atom is -1.00 e. The Labute approximate surface area is 290 Å². The average Bonchev–Trinajstić information content (AvgIpc) is 3.36. The number of pyridine rings is 1. The molecule has 0 bridgehead atoms. The van der Waals surface area contributed by atoms with Crippen molar-refractivity contribution >= 4 is 23.7 Å². The van der Waals surface area contributed by atoms with Crippen LogP contribution in [0.2, 0.25) is 0 Å². The molecule has 46 heavy (non-hydrogen) atoms. The number of aliphatic hydroxyl groups excluding tert-OH is 2. The summed E-state index contributed by atoms with van der Waals surface area (Å²) in [6.45, 7) is 3.83. The van der Waals surface area contributed by atoms with Gasteiger partial charge in [-0.1, -0.05) is 42.5 Å². The fourth-order valence-electron chi connectivity index (χ4n) is 5.39. The van der Waals surface area contributed by atoms with E-state index in [1.165, 1.54) is 37.6 Å². The normalized spacial score (nSPS) is 12.2. The fourth-order valence-corrected chi connectivity index (χ4v) is 5.39. The quantitative estimate of drug-likeness (QED) is 0.129. The van der Waals surface area contributed by atoms with Gasteiger partial charge in [0.25, 0.3) is 5.91 Å². The van der Waals surface area contributed by atoms with Crippen molar-refractivity contribution in [3.8, 4) is 22.3 Å². The molecule has 10 nitrogen and oxygen atoms in total. The number of halogens is 1. The first-order valence-electron chi connectivity index (χ1n) is 14.5. The van der Waals surface area contributed by atoms with Crippen molar-refractivity contribution in [1.82, 2.24) is 9.55 Å². The zero-order valence-electron chi connectivity index (χ0n) is 27.2. The van der Waals surface area contributed by atoms with Crippen LogP contribution in [0.25, 0.3) is 22.3 Å². The predicted octanol–water partition coefficient (Wildman–Crippen LogP) is 2.61. The van der Waals surface area contributed by atoms with Crippen molar-refractivity contribution in [3.05, 3.63) is 95.7 Å². The first-order valence-corrected chi connectivity index (χ1v) is 14.5. The van der Waals surface area contributed by atoms with Gasteiger partial charge in [0.2, 0.25) is 0 Å². The molecule has 0 saturated carbocycles. The molecule has 4 aromatic rings. The third-order valence-corrected chi connectivity index (χ3v) is 7.33. The number of hydrogen-bond donors (Lipinski definition) is 4. The number of esters is 1. The predicted molar refractivity (Wildman–Crippen MR) is 167 cm³/mol. The summed E-state index contributed by atoms with van der Waals surface area (Å²) in [4.78, 5) is 41.3. The SMILES string of the molecule is COC(=O)c1ccc(NC(=O)c2c(-c3ccccc3)c(-c3ccc(F)cc3)c(CC[C@@H](O)C[C@@H](O)CC(=O)O)n2C(C)C)nc1.[H-].[Na+]. The Balaban J connectivity index is 0.00000384. The van der Waals surface area contributed by atoms with E-state index in [-0.39, 0.29) is 67.7 Å². The average molecular weight is 642 g/mol. The van der Waals surface area contributed by atoms with E-state index in [9.17, 15) is 29.0 Å². The topological polar surface area (TPSA) is 151 Å². The number of hydrogen-bond acceptors (Lipinski definition) is 7. The molecule has 238 valence electrons. The summed E-state index contributed by atoms with van der Waals surface area (Å²) >= 11 is 0. The maximum atomic E-state index is 14.2. The van der Waals surface area contributed by atoms with Crippen LogP contribution in [-0.2, 0) is 16.0 Å². The van der Waals surface area contributed by atoms with E-state index in [0.717, 1.165) is 5.56 Å². The van der Waals surface area contributed by atoms with Gasteiger partial charge in [-0.3, -0.25) is 9.59 Å². The number of rotatable bonds is 13. The van der Waals surface area contributed by atoms with E-state index in [0.29, 0.717) is 28.1 Å². The van der Waals surface area contributed by atoms with Crippen molar-refractivity contribution in [3.63, 3.8) is 0 Å². The first-order chi connectivity index (χ1) is 21.5. The minimum atomic E-state index is -1.22. The maximum absolute atomic E-state index is 14.2. The largest absolute Gasteiger partial charge is 1.00 e. The molecule has 2 aromatic carbocycles. The summed E-state index contributed by atoms with van der Waals surface area (Å²) < 4.78 is 20.7. The molecule has 2 aromatic heterocycles. The smallest absolute Gasteiger partial charge is 1.00 e. The fraction of sp³-hybridized carbons (Fsp3) is 0.294. The van der Waals surface area contributed by atoms with Crippen LogP contribution in [0.4, 0.5) is 10.2 Å². The Hall–Kier alpha value is -3.87. The summed E-state index contributed by atoms with van der Waals surface area (Å²) in [6.07, 6.45) is -1.14. The van der Waals surface area contributed by atoms with E-state index in [1.54, 1.807) is 12.1 Å². The van der Waals surface area contributed by atoms with Gasteiger partial charge in [0.05, 0.1) is 31.3 Å². The summed E-state index contributed by atoms with van der Waals surface area (Å²) in [5, 5.41) is 32.7. The van der Waals surface area contributed by atoms with Crippen LogP contribution < -0.4 is 34.9 Å². The number of aliphatic hydroxyl groups is 2.